The molecule has 19 heavy (non-hydrogen) atoms. The Kier molecular flexibility index (Phi) is 4.03. The number of carboxylic acid groups (broad SMARTS) is 1. The highest BCUT2D eigenvalue weighted by atomic mass is 16.5. The van der Waals surface area contributed by atoms with Gasteiger partial charge in [-0.05, 0) is 26.2 Å². The molecule has 0 radical (unpaired) electrons. The molecule has 0 spiro atoms. The first kappa shape index (κ1) is 13.4. The van der Waals surface area contributed by atoms with Gasteiger partial charge < -0.3 is 19.8 Å². The largest absolute Gasteiger partial charge is 0.480 e. The number of amides is 2. The highest BCUT2D eigenvalue weighted by Crippen LogP contribution is 2.17. The second-order valence-corrected chi connectivity index (χ2v) is 4.64. The van der Waals surface area contributed by atoms with Crippen molar-refractivity contribution in [3.63, 3.8) is 0 Å². The van der Waals surface area contributed by atoms with E-state index in [1.165, 1.54) is 4.90 Å². The van der Waals surface area contributed by atoms with E-state index >= 15 is 0 Å². The molecule has 2 N–H and O–H groups in total. The van der Waals surface area contributed by atoms with E-state index in [4.69, 9.17) is 9.63 Å². The third-order valence-electron chi connectivity index (χ3n) is 3.14. The Labute approximate surface area is 110 Å². The Morgan fingerprint density at radius 1 is 1.58 bits per heavy atom. The quantitative estimate of drug-likeness (QED) is 0.856. The summed E-state index contributed by atoms with van der Waals surface area (Å²) in [7, 11) is 0. The summed E-state index contributed by atoms with van der Waals surface area (Å²) in [5.74, 6) is -0.403. The molecule has 0 aromatic carbocycles. The number of rotatable bonds is 3. The van der Waals surface area contributed by atoms with Crippen molar-refractivity contribution in [1.29, 1.82) is 0 Å². The maximum absolute atomic E-state index is 12.0. The van der Waals surface area contributed by atoms with Crippen molar-refractivity contribution in [3.8, 4) is 0 Å². The van der Waals surface area contributed by atoms with Gasteiger partial charge in [-0.1, -0.05) is 5.16 Å². The molecule has 0 saturated carbocycles. The number of aromatic nitrogens is 1. The second kappa shape index (κ2) is 5.73. The van der Waals surface area contributed by atoms with E-state index in [-0.39, 0.29) is 12.6 Å². The number of urea groups is 1. The first-order valence-corrected chi connectivity index (χ1v) is 6.27. The lowest BCUT2D eigenvalue weighted by molar-refractivity contribution is -0.143. The number of aliphatic carboxylic acids is 1. The summed E-state index contributed by atoms with van der Waals surface area (Å²) in [5.41, 5.74) is 0.741. The van der Waals surface area contributed by atoms with E-state index in [1.54, 1.807) is 13.0 Å². The monoisotopic (exact) mass is 267 g/mol. The lowest BCUT2D eigenvalue weighted by atomic mass is 10.0. The zero-order valence-electron chi connectivity index (χ0n) is 10.8. The van der Waals surface area contributed by atoms with Gasteiger partial charge in [0.15, 0.2) is 5.76 Å². The Bertz CT molecular complexity index is 471. The van der Waals surface area contributed by atoms with Crippen LogP contribution in [0.15, 0.2) is 10.6 Å². The molecule has 1 aromatic rings. The summed E-state index contributed by atoms with van der Waals surface area (Å²) < 4.78 is 4.98. The normalized spacial score (nSPS) is 19.2. The van der Waals surface area contributed by atoms with Crippen molar-refractivity contribution >= 4 is 12.0 Å². The summed E-state index contributed by atoms with van der Waals surface area (Å²) in [5, 5.41) is 15.5. The van der Waals surface area contributed by atoms with Gasteiger partial charge >= 0.3 is 12.0 Å². The number of piperidine rings is 1. The molecule has 1 aliphatic heterocycles. The molecule has 2 amide bonds. The van der Waals surface area contributed by atoms with Crippen LogP contribution in [0.25, 0.3) is 0 Å². The van der Waals surface area contributed by atoms with E-state index in [0.717, 1.165) is 18.5 Å². The van der Waals surface area contributed by atoms with Crippen LogP contribution in [-0.2, 0) is 11.3 Å². The zero-order valence-corrected chi connectivity index (χ0v) is 10.8. The third-order valence-corrected chi connectivity index (χ3v) is 3.14. The van der Waals surface area contributed by atoms with Crippen LogP contribution in [0.2, 0.25) is 0 Å². The van der Waals surface area contributed by atoms with Gasteiger partial charge in [0.2, 0.25) is 0 Å². The molecule has 1 aliphatic rings. The topological polar surface area (TPSA) is 95.7 Å². The van der Waals surface area contributed by atoms with E-state index in [0.29, 0.717) is 18.7 Å². The van der Waals surface area contributed by atoms with Crippen molar-refractivity contribution in [2.75, 3.05) is 6.54 Å². The van der Waals surface area contributed by atoms with Gasteiger partial charge in [0.25, 0.3) is 0 Å². The van der Waals surface area contributed by atoms with E-state index in [1.807, 2.05) is 0 Å². The number of aryl methyl sites for hydroxylation is 1. The highest BCUT2D eigenvalue weighted by molar-refractivity contribution is 5.82. The average molecular weight is 267 g/mol. The minimum Gasteiger partial charge on any atom is -0.480 e. The number of carboxylic acids is 1. The van der Waals surface area contributed by atoms with Crippen LogP contribution in [0, 0.1) is 6.92 Å². The molecular weight excluding hydrogens is 250 g/mol. The molecule has 0 bridgehead atoms. The molecular formula is C12H17N3O4. The van der Waals surface area contributed by atoms with Gasteiger partial charge in [0.05, 0.1) is 12.2 Å². The molecule has 2 heterocycles. The molecule has 104 valence electrons. The van der Waals surface area contributed by atoms with Crippen LogP contribution >= 0.6 is 0 Å². The third kappa shape index (κ3) is 3.24. The number of carbonyl (C=O) groups is 2. The molecule has 1 unspecified atom stereocenters. The Morgan fingerprint density at radius 2 is 2.37 bits per heavy atom. The summed E-state index contributed by atoms with van der Waals surface area (Å²) in [4.78, 5) is 24.4. The van der Waals surface area contributed by atoms with E-state index in [9.17, 15) is 9.59 Å². The molecule has 2 rings (SSSR count). The first-order valence-electron chi connectivity index (χ1n) is 6.27. The lowest BCUT2D eigenvalue weighted by Crippen LogP contribution is -2.51. The molecule has 1 atom stereocenters. The predicted octanol–water partition coefficient (Wildman–Crippen LogP) is 1.13. The molecule has 7 heteroatoms. The number of likely N-dealkylation sites (tertiary alicyclic amines) is 1. The maximum Gasteiger partial charge on any atom is 0.326 e. The Hall–Kier alpha value is -2.05. The maximum atomic E-state index is 12.0. The Morgan fingerprint density at radius 3 is 3.00 bits per heavy atom. The van der Waals surface area contributed by atoms with Crippen molar-refractivity contribution in [1.82, 2.24) is 15.4 Å². The Balaban J connectivity index is 1.92. The lowest BCUT2D eigenvalue weighted by Gasteiger charge is -2.32. The van der Waals surface area contributed by atoms with Gasteiger partial charge in [0.1, 0.15) is 6.04 Å². The SMILES string of the molecule is Cc1cc(CNC(=O)N2CCCCC2C(=O)O)on1. The predicted molar refractivity (Wildman–Crippen MR) is 65.5 cm³/mol. The number of hydrogen-bond donors (Lipinski definition) is 2. The first-order chi connectivity index (χ1) is 9.08. The van der Waals surface area contributed by atoms with Crippen molar-refractivity contribution < 1.29 is 19.2 Å². The van der Waals surface area contributed by atoms with Crippen LogP contribution in [0.4, 0.5) is 4.79 Å². The fourth-order valence-corrected chi connectivity index (χ4v) is 2.20. The van der Waals surface area contributed by atoms with Crippen LogP contribution in [-0.4, -0.2) is 39.8 Å². The van der Waals surface area contributed by atoms with Crippen LogP contribution in [0.5, 0.6) is 0 Å². The summed E-state index contributed by atoms with van der Waals surface area (Å²) >= 11 is 0. The molecule has 1 fully saturated rings. The van der Waals surface area contributed by atoms with Crippen LogP contribution in [0.3, 0.4) is 0 Å². The van der Waals surface area contributed by atoms with E-state index in [2.05, 4.69) is 10.5 Å². The molecule has 7 nitrogen and oxygen atoms in total. The average Bonchev–Trinajstić information content (AvgIpc) is 2.81. The number of carbonyl (C=O) groups excluding carboxylic acids is 1. The van der Waals surface area contributed by atoms with Gasteiger partial charge in [-0.2, -0.15) is 0 Å². The number of hydrogen-bond acceptors (Lipinski definition) is 4. The molecule has 0 aliphatic carbocycles. The van der Waals surface area contributed by atoms with Crippen LogP contribution in [0.1, 0.15) is 30.7 Å². The molecule has 1 saturated heterocycles. The number of nitrogens with zero attached hydrogens (tertiary/aromatic N) is 2. The smallest absolute Gasteiger partial charge is 0.326 e. The van der Waals surface area contributed by atoms with Crippen molar-refractivity contribution in [3.05, 3.63) is 17.5 Å². The highest BCUT2D eigenvalue weighted by Gasteiger charge is 2.31. The zero-order chi connectivity index (χ0) is 13.8. The van der Waals surface area contributed by atoms with E-state index < -0.39 is 12.0 Å². The molecule has 1 aromatic heterocycles. The van der Waals surface area contributed by atoms with Crippen molar-refractivity contribution in [2.45, 2.75) is 38.8 Å². The van der Waals surface area contributed by atoms with Gasteiger partial charge in [0, 0.05) is 12.6 Å². The van der Waals surface area contributed by atoms with Gasteiger partial charge in [-0.15, -0.1) is 0 Å². The minimum absolute atomic E-state index is 0.211. The van der Waals surface area contributed by atoms with Gasteiger partial charge in [-0.3, -0.25) is 0 Å². The van der Waals surface area contributed by atoms with Crippen molar-refractivity contribution in [2.24, 2.45) is 0 Å². The standard InChI is InChI=1S/C12H17N3O4/c1-8-6-9(19-14-8)7-13-12(18)15-5-3-2-4-10(15)11(16)17/h6,10H,2-5,7H2,1H3,(H,13,18)(H,16,17). The van der Waals surface area contributed by atoms with Crippen LogP contribution < -0.4 is 5.32 Å². The number of nitrogens with one attached hydrogen (secondary N) is 1. The van der Waals surface area contributed by atoms with Gasteiger partial charge in [-0.25, -0.2) is 9.59 Å². The minimum atomic E-state index is -0.953. The fourth-order valence-electron chi connectivity index (χ4n) is 2.20. The summed E-state index contributed by atoms with van der Waals surface area (Å²) in [6, 6.07) is 0.622. The fraction of sp³-hybridized carbons (Fsp3) is 0.583. The summed E-state index contributed by atoms with van der Waals surface area (Å²) in [6.45, 7) is 2.47. The second-order valence-electron chi connectivity index (χ2n) is 4.64. The summed E-state index contributed by atoms with van der Waals surface area (Å²) in [6.07, 6.45) is 2.17.